The third-order valence-electron chi connectivity index (χ3n) is 3.21. The van der Waals surface area contributed by atoms with Crippen molar-refractivity contribution in [3.8, 4) is 0 Å². The van der Waals surface area contributed by atoms with Crippen molar-refractivity contribution in [1.29, 1.82) is 0 Å². The molecule has 0 fully saturated rings. The first-order valence-electron chi connectivity index (χ1n) is 5.75. The Labute approximate surface area is 103 Å². The highest BCUT2D eigenvalue weighted by Crippen LogP contribution is 2.32. The number of nitrogens with one attached hydrogen (secondary N) is 1. The van der Waals surface area contributed by atoms with E-state index in [9.17, 15) is 10.2 Å². The minimum absolute atomic E-state index is 0.191. The quantitative estimate of drug-likeness (QED) is 0.714. The van der Waals surface area contributed by atoms with E-state index in [2.05, 4.69) is 15.4 Å². The van der Waals surface area contributed by atoms with E-state index in [0.717, 1.165) is 27.7 Å². The van der Waals surface area contributed by atoms with E-state index >= 15 is 0 Å². The number of nitrogens with zero attached hydrogens (tertiary/aromatic N) is 2. The van der Waals surface area contributed by atoms with E-state index < -0.39 is 6.10 Å². The Balaban J connectivity index is 2.25. The molecule has 92 valence electrons. The molecule has 1 aromatic carbocycles. The van der Waals surface area contributed by atoms with Crippen LogP contribution >= 0.6 is 0 Å². The van der Waals surface area contributed by atoms with Crippen molar-refractivity contribution >= 4 is 16.6 Å². The number of aromatic amines is 1. The minimum atomic E-state index is -0.712. The lowest BCUT2D eigenvalue weighted by molar-refractivity contribution is 0.208. The van der Waals surface area contributed by atoms with Crippen LogP contribution in [0.1, 0.15) is 17.5 Å². The van der Waals surface area contributed by atoms with E-state index in [4.69, 9.17) is 0 Å². The van der Waals surface area contributed by atoms with Gasteiger partial charge in [0.25, 0.3) is 0 Å². The largest absolute Gasteiger partial charge is 0.512 e. The van der Waals surface area contributed by atoms with Crippen LogP contribution in [-0.2, 0) is 0 Å². The maximum atomic E-state index is 10.1. The number of H-pyrrole nitrogens is 1. The van der Waals surface area contributed by atoms with Gasteiger partial charge >= 0.3 is 0 Å². The number of hydrogen-bond donors (Lipinski definition) is 3. The third-order valence-corrected chi connectivity index (χ3v) is 3.21. The van der Waals surface area contributed by atoms with Gasteiger partial charge in [0.15, 0.2) is 0 Å². The molecule has 1 aromatic heterocycles. The zero-order chi connectivity index (χ0) is 12.7. The number of aromatic nitrogens is 3. The van der Waals surface area contributed by atoms with Gasteiger partial charge in [-0.2, -0.15) is 0 Å². The second-order valence-corrected chi connectivity index (χ2v) is 4.47. The number of allylic oxidation sites excluding steroid dienone is 2. The van der Waals surface area contributed by atoms with Gasteiger partial charge in [0.2, 0.25) is 0 Å². The van der Waals surface area contributed by atoms with Crippen LogP contribution in [0.2, 0.25) is 0 Å². The Kier molecular flexibility index (Phi) is 2.41. The van der Waals surface area contributed by atoms with Crippen LogP contribution in [0.4, 0.5) is 0 Å². The van der Waals surface area contributed by atoms with Gasteiger partial charge in [-0.1, -0.05) is 17.4 Å². The monoisotopic (exact) mass is 243 g/mol. The molecule has 0 saturated heterocycles. The Morgan fingerprint density at radius 1 is 1.33 bits per heavy atom. The smallest absolute Gasteiger partial charge is 0.120 e. The normalized spacial score (nSPS) is 19.8. The topological polar surface area (TPSA) is 82.0 Å². The van der Waals surface area contributed by atoms with Crippen molar-refractivity contribution in [2.75, 3.05) is 0 Å². The maximum Gasteiger partial charge on any atom is 0.120 e. The SMILES string of the molecule is Cc1ccc2[nH]nnc2c1C1=CC=C(O)CC1O. The van der Waals surface area contributed by atoms with E-state index in [0.29, 0.717) is 0 Å². The molecule has 3 N–H and O–H groups in total. The molecule has 1 aliphatic carbocycles. The summed E-state index contributed by atoms with van der Waals surface area (Å²) in [7, 11) is 0. The summed E-state index contributed by atoms with van der Waals surface area (Å²) in [5.41, 5.74) is 4.26. The molecule has 1 aliphatic rings. The molecule has 3 rings (SSSR count). The summed E-state index contributed by atoms with van der Waals surface area (Å²) in [5.74, 6) is 0.191. The maximum absolute atomic E-state index is 10.1. The molecule has 1 unspecified atom stereocenters. The van der Waals surface area contributed by atoms with Gasteiger partial charge in [0.05, 0.1) is 17.4 Å². The lowest BCUT2D eigenvalue weighted by Crippen LogP contribution is -2.14. The highest BCUT2D eigenvalue weighted by atomic mass is 16.3. The Morgan fingerprint density at radius 3 is 2.94 bits per heavy atom. The van der Waals surface area contributed by atoms with Crippen molar-refractivity contribution in [2.24, 2.45) is 0 Å². The van der Waals surface area contributed by atoms with Crippen LogP contribution < -0.4 is 0 Å². The van der Waals surface area contributed by atoms with E-state index in [1.54, 1.807) is 12.2 Å². The first-order chi connectivity index (χ1) is 8.66. The second kappa shape index (κ2) is 3.96. The summed E-state index contributed by atoms with van der Waals surface area (Å²) in [4.78, 5) is 0. The van der Waals surface area contributed by atoms with Gasteiger partial charge in [-0.25, -0.2) is 0 Å². The Hall–Kier alpha value is -2.14. The zero-order valence-electron chi connectivity index (χ0n) is 9.88. The lowest BCUT2D eigenvalue weighted by atomic mass is 9.90. The molecule has 0 radical (unpaired) electrons. The molecule has 0 saturated carbocycles. The summed E-state index contributed by atoms with van der Waals surface area (Å²) in [6.45, 7) is 1.97. The van der Waals surface area contributed by atoms with Crippen molar-refractivity contribution in [3.05, 3.63) is 41.2 Å². The molecule has 0 bridgehead atoms. The fourth-order valence-electron chi connectivity index (χ4n) is 2.30. The number of fused-ring (bicyclic) bond motifs is 1. The van der Waals surface area contributed by atoms with E-state index in [-0.39, 0.29) is 12.2 Å². The number of aliphatic hydroxyl groups excluding tert-OH is 2. The average Bonchev–Trinajstić information content (AvgIpc) is 2.79. The third kappa shape index (κ3) is 1.60. The first kappa shape index (κ1) is 11.0. The lowest BCUT2D eigenvalue weighted by Gasteiger charge is -2.19. The van der Waals surface area contributed by atoms with Crippen LogP contribution in [0.5, 0.6) is 0 Å². The molecular weight excluding hydrogens is 230 g/mol. The summed E-state index contributed by atoms with van der Waals surface area (Å²) >= 11 is 0. The molecule has 5 nitrogen and oxygen atoms in total. The summed E-state index contributed by atoms with van der Waals surface area (Å²) in [5, 5.41) is 30.2. The molecule has 1 heterocycles. The molecule has 0 aliphatic heterocycles. The number of aliphatic hydroxyl groups is 2. The van der Waals surface area contributed by atoms with Crippen molar-refractivity contribution in [1.82, 2.24) is 15.4 Å². The van der Waals surface area contributed by atoms with Gasteiger partial charge in [-0.3, -0.25) is 5.10 Å². The number of benzene rings is 1. The fourth-order valence-corrected chi connectivity index (χ4v) is 2.30. The Bertz CT molecular complexity index is 670. The van der Waals surface area contributed by atoms with Crippen LogP contribution in [-0.4, -0.2) is 31.7 Å². The predicted octanol–water partition coefficient (Wildman–Crippen LogP) is 1.86. The molecule has 5 heteroatoms. The van der Waals surface area contributed by atoms with Crippen LogP contribution in [0.25, 0.3) is 16.6 Å². The highest BCUT2D eigenvalue weighted by molar-refractivity contribution is 5.91. The summed E-state index contributed by atoms with van der Waals surface area (Å²) < 4.78 is 0. The van der Waals surface area contributed by atoms with Crippen LogP contribution in [0, 0.1) is 6.92 Å². The minimum Gasteiger partial charge on any atom is -0.512 e. The predicted molar refractivity (Wildman–Crippen MR) is 67.9 cm³/mol. The van der Waals surface area contributed by atoms with Gasteiger partial charge < -0.3 is 10.2 Å². The molecule has 0 amide bonds. The van der Waals surface area contributed by atoms with E-state index in [1.807, 2.05) is 19.1 Å². The molecule has 1 atom stereocenters. The Morgan fingerprint density at radius 2 is 2.17 bits per heavy atom. The average molecular weight is 243 g/mol. The standard InChI is InChI=1S/C13H13N3O2/c1-7-2-5-10-13(15-16-14-10)12(7)9-4-3-8(17)6-11(9)18/h2-5,11,17-18H,6H2,1H3,(H,14,15,16). The number of aryl methyl sites for hydroxylation is 1. The van der Waals surface area contributed by atoms with Crippen LogP contribution in [0.3, 0.4) is 0 Å². The van der Waals surface area contributed by atoms with Crippen LogP contribution in [0.15, 0.2) is 30.0 Å². The first-order valence-corrected chi connectivity index (χ1v) is 5.75. The van der Waals surface area contributed by atoms with Gasteiger partial charge in [-0.15, -0.1) is 5.10 Å². The number of rotatable bonds is 1. The highest BCUT2D eigenvalue weighted by Gasteiger charge is 2.22. The molecule has 2 aromatic rings. The molecular formula is C13H13N3O2. The van der Waals surface area contributed by atoms with Gasteiger partial charge in [-0.05, 0) is 30.2 Å². The number of hydrogen-bond acceptors (Lipinski definition) is 4. The van der Waals surface area contributed by atoms with E-state index in [1.165, 1.54) is 0 Å². The summed E-state index contributed by atoms with van der Waals surface area (Å²) in [6, 6.07) is 3.88. The van der Waals surface area contributed by atoms with Gasteiger partial charge in [0, 0.05) is 12.0 Å². The van der Waals surface area contributed by atoms with Crippen molar-refractivity contribution < 1.29 is 10.2 Å². The van der Waals surface area contributed by atoms with Crippen molar-refractivity contribution in [3.63, 3.8) is 0 Å². The van der Waals surface area contributed by atoms with Gasteiger partial charge in [0.1, 0.15) is 5.52 Å². The zero-order valence-corrected chi connectivity index (χ0v) is 9.88. The molecule has 18 heavy (non-hydrogen) atoms. The molecule has 0 spiro atoms. The van der Waals surface area contributed by atoms with Crippen molar-refractivity contribution in [2.45, 2.75) is 19.4 Å². The second-order valence-electron chi connectivity index (χ2n) is 4.47. The summed E-state index contributed by atoms with van der Waals surface area (Å²) in [6.07, 6.45) is 2.87. The fraction of sp³-hybridized carbons (Fsp3) is 0.231.